The van der Waals surface area contributed by atoms with Crippen LogP contribution in [0.4, 0.5) is 4.39 Å². The van der Waals surface area contributed by atoms with Gasteiger partial charge >= 0.3 is 0 Å². The van der Waals surface area contributed by atoms with Crippen molar-refractivity contribution in [2.45, 2.75) is 38.1 Å². The van der Waals surface area contributed by atoms with Gasteiger partial charge in [-0.2, -0.15) is 0 Å². The third-order valence-electron chi connectivity index (χ3n) is 6.50. The molecule has 5 unspecified atom stereocenters. The highest BCUT2D eigenvalue weighted by Crippen LogP contribution is 2.48. The molecule has 4 rings (SSSR count). The molecule has 1 aliphatic heterocycles. The molecular weight excluding hydrogens is 355 g/mol. The average molecular weight is 381 g/mol. The molecule has 26 heavy (non-hydrogen) atoms. The fraction of sp³-hybridized carbons (Fsp3) is 0.600. The number of hydrogen-bond donors (Lipinski definition) is 1. The number of hydrogen-bond acceptors (Lipinski definition) is 3. The monoisotopic (exact) mass is 380 g/mol. The summed E-state index contributed by atoms with van der Waals surface area (Å²) in [6.45, 7) is 1.18. The van der Waals surface area contributed by atoms with E-state index in [-0.39, 0.29) is 47.8 Å². The third-order valence-corrected chi connectivity index (χ3v) is 6.50. The van der Waals surface area contributed by atoms with Gasteiger partial charge < -0.3 is 10.6 Å². The van der Waals surface area contributed by atoms with Crippen molar-refractivity contribution >= 4 is 24.1 Å². The molecule has 1 aromatic carbocycles. The second-order valence-electron chi connectivity index (χ2n) is 7.93. The Kier molecular flexibility index (Phi) is 5.68. The summed E-state index contributed by atoms with van der Waals surface area (Å²) in [5.74, 6) is 0.491. The topological polar surface area (TPSA) is 63.4 Å². The minimum Gasteiger partial charge on any atom is -0.342 e. The molecular formula is C20H26ClFN2O2. The van der Waals surface area contributed by atoms with Gasteiger partial charge in [-0.25, -0.2) is 4.39 Å². The highest BCUT2D eigenvalue weighted by molar-refractivity contribution is 5.98. The Labute approximate surface area is 159 Å². The SMILES string of the molecule is Cl.NC1C2CCC(C2)C1C(=O)N1CCCC(C(=O)c2ccc(F)cc2)C1. The number of likely N-dealkylation sites (tertiary alicyclic amines) is 1. The Morgan fingerprint density at radius 3 is 2.42 bits per heavy atom. The van der Waals surface area contributed by atoms with Crippen molar-refractivity contribution in [1.29, 1.82) is 0 Å². The molecule has 1 amide bonds. The van der Waals surface area contributed by atoms with Crippen molar-refractivity contribution in [3.8, 4) is 0 Å². The van der Waals surface area contributed by atoms with E-state index >= 15 is 0 Å². The summed E-state index contributed by atoms with van der Waals surface area (Å²) in [5, 5.41) is 0. The number of carbonyl (C=O) groups is 2. The zero-order valence-electron chi connectivity index (χ0n) is 14.8. The molecule has 1 saturated heterocycles. The predicted molar refractivity (Wildman–Crippen MR) is 99.6 cm³/mol. The summed E-state index contributed by atoms with van der Waals surface area (Å²) < 4.78 is 13.1. The standard InChI is InChI=1S/C20H25FN2O2.ClH/c21-16-7-5-12(6-8-16)19(24)15-2-1-9-23(11-15)20(25)17-13-3-4-14(10-13)18(17)22;/h5-8,13-15,17-18H,1-4,9-11,22H2;1H. The number of carbonyl (C=O) groups excluding carboxylic acids is 2. The van der Waals surface area contributed by atoms with Crippen molar-refractivity contribution in [2.24, 2.45) is 29.4 Å². The van der Waals surface area contributed by atoms with E-state index in [4.69, 9.17) is 5.73 Å². The van der Waals surface area contributed by atoms with Crippen LogP contribution < -0.4 is 5.73 Å². The molecule has 6 heteroatoms. The Bertz CT molecular complexity index is 679. The lowest BCUT2D eigenvalue weighted by Crippen LogP contribution is -2.50. The lowest BCUT2D eigenvalue weighted by molar-refractivity contribution is -0.139. The first-order valence-corrected chi connectivity index (χ1v) is 9.38. The molecule has 0 aromatic heterocycles. The van der Waals surface area contributed by atoms with Gasteiger partial charge in [-0.05, 0) is 68.2 Å². The summed E-state index contributed by atoms with van der Waals surface area (Å²) in [5.41, 5.74) is 6.85. The lowest BCUT2D eigenvalue weighted by atomic mass is 9.82. The Hall–Kier alpha value is -1.46. The van der Waals surface area contributed by atoms with E-state index in [1.54, 1.807) is 0 Å². The second-order valence-corrected chi connectivity index (χ2v) is 7.93. The van der Waals surface area contributed by atoms with Crippen LogP contribution in [0.25, 0.3) is 0 Å². The van der Waals surface area contributed by atoms with Crippen molar-refractivity contribution in [2.75, 3.05) is 13.1 Å². The molecule has 4 nitrogen and oxygen atoms in total. The molecule has 142 valence electrons. The molecule has 2 saturated carbocycles. The first-order valence-electron chi connectivity index (χ1n) is 9.38. The maximum absolute atomic E-state index is 13.1. The predicted octanol–water partition coefficient (Wildman–Crippen LogP) is 3.04. The number of benzene rings is 1. The molecule has 0 spiro atoms. The molecule has 2 N–H and O–H groups in total. The summed E-state index contributed by atoms with van der Waals surface area (Å²) in [6.07, 6.45) is 4.97. The number of ketones is 1. The number of fused-ring (bicyclic) bond motifs is 2. The van der Waals surface area contributed by atoms with Crippen molar-refractivity contribution in [1.82, 2.24) is 4.90 Å². The number of nitrogens with zero attached hydrogens (tertiary/aromatic N) is 1. The maximum atomic E-state index is 13.1. The molecule has 1 aromatic rings. The molecule has 0 radical (unpaired) electrons. The van der Waals surface area contributed by atoms with Crippen LogP contribution in [-0.4, -0.2) is 35.7 Å². The van der Waals surface area contributed by atoms with Crippen LogP contribution in [0.2, 0.25) is 0 Å². The number of piperidine rings is 1. The molecule has 3 fully saturated rings. The second kappa shape index (κ2) is 7.65. The van der Waals surface area contributed by atoms with Crippen LogP contribution in [0.3, 0.4) is 0 Å². The quantitative estimate of drug-likeness (QED) is 0.820. The van der Waals surface area contributed by atoms with E-state index in [0.29, 0.717) is 30.5 Å². The van der Waals surface area contributed by atoms with E-state index in [9.17, 15) is 14.0 Å². The Morgan fingerprint density at radius 2 is 1.77 bits per heavy atom. The first-order chi connectivity index (χ1) is 12.0. The number of Topliss-reactive ketones (excluding diaryl/α,β-unsaturated/α-hetero) is 1. The summed E-state index contributed by atoms with van der Waals surface area (Å²) >= 11 is 0. The largest absolute Gasteiger partial charge is 0.342 e. The molecule has 1 heterocycles. The normalized spacial score (nSPS) is 33.0. The van der Waals surface area contributed by atoms with Gasteiger partial charge in [-0.1, -0.05) is 0 Å². The fourth-order valence-electron chi connectivity index (χ4n) is 5.15. The zero-order chi connectivity index (χ0) is 17.6. The van der Waals surface area contributed by atoms with E-state index in [1.165, 1.54) is 24.3 Å². The highest BCUT2D eigenvalue weighted by Gasteiger charge is 2.50. The van der Waals surface area contributed by atoms with Gasteiger partial charge in [0, 0.05) is 30.6 Å². The van der Waals surface area contributed by atoms with Crippen LogP contribution in [0.1, 0.15) is 42.5 Å². The lowest BCUT2D eigenvalue weighted by Gasteiger charge is -2.37. The van der Waals surface area contributed by atoms with Crippen LogP contribution in [-0.2, 0) is 4.79 Å². The van der Waals surface area contributed by atoms with Crippen LogP contribution in [0.15, 0.2) is 24.3 Å². The Morgan fingerprint density at radius 1 is 1.08 bits per heavy atom. The molecule has 3 aliphatic rings. The molecule has 2 aliphatic carbocycles. The Balaban J connectivity index is 0.00000196. The fourth-order valence-corrected chi connectivity index (χ4v) is 5.15. The number of halogens is 2. The van der Waals surface area contributed by atoms with Crippen molar-refractivity contribution in [3.05, 3.63) is 35.6 Å². The third kappa shape index (κ3) is 3.39. The molecule has 2 bridgehead atoms. The summed E-state index contributed by atoms with van der Waals surface area (Å²) in [6, 6.07) is 5.68. The minimum absolute atomic E-state index is 0. The summed E-state index contributed by atoms with van der Waals surface area (Å²) in [4.78, 5) is 27.6. The van der Waals surface area contributed by atoms with E-state index < -0.39 is 0 Å². The van der Waals surface area contributed by atoms with Gasteiger partial charge in [0.15, 0.2) is 5.78 Å². The van der Waals surface area contributed by atoms with Gasteiger partial charge in [0.1, 0.15) is 5.82 Å². The average Bonchev–Trinajstić information content (AvgIpc) is 3.22. The number of nitrogens with two attached hydrogens (primary N) is 1. The van der Waals surface area contributed by atoms with E-state index in [1.807, 2.05) is 4.90 Å². The first kappa shape index (κ1) is 19.3. The zero-order valence-corrected chi connectivity index (χ0v) is 15.6. The summed E-state index contributed by atoms with van der Waals surface area (Å²) in [7, 11) is 0. The highest BCUT2D eigenvalue weighted by atomic mass is 35.5. The number of rotatable bonds is 3. The smallest absolute Gasteiger partial charge is 0.227 e. The molecule has 5 atom stereocenters. The van der Waals surface area contributed by atoms with Crippen molar-refractivity contribution < 1.29 is 14.0 Å². The van der Waals surface area contributed by atoms with Gasteiger partial charge in [0.2, 0.25) is 5.91 Å². The van der Waals surface area contributed by atoms with Gasteiger partial charge in [-0.3, -0.25) is 9.59 Å². The van der Waals surface area contributed by atoms with Gasteiger partial charge in [0.25, 0.3) is 0 Å². The number of amides is 1. The van der Waals surface area contributed by atoms with Crippen LogP contribution >= 0.6 is 12.4 Å². The van der Waals surface area contributed by atoms with E-state index in [2.05, 4.69) is 0 Å². The van der Waals surface area contributed by atoms with Crippen LogP contribution in [0.5, 0.6) is 0 Å². The van der Waals surface area contributed by atoms with Crippen molar-refractivity contribution in [3.63, 3.8) is 0 Å². The van der Waals surface area contributed by atoms with Gasteiger partial charge in [-0.15, -0.1) is 12.4 Å². The van der Waals surface area contributed by atoms with Crippen LogP contribution in [0, 0.1) is 29.5 Å². The maximum Gasteiger partial charge on any atom is 0.227 e. The van der Waals surface area contributed by atoms with E-state index in [0.717, 1.165) is 32.1 Å². The van der Waals surface area contributed by atoms with Gasteiger partial charge in [0.05, 0.1) is 5.92 Å². The minimum atomic E-state index is -0.345.